The lowest BCUT2D eigenvalue weighted by Gasteiger charge is -2.38. The molecule has 4 nitrogen and oxygen atoms in total. The zero-order chi connectivity index (χ0) is 15.1. The molecule has 0 aliphatic carbocycles. The van der Waals surface area contributed by atoms with Crippen LogP contribution in [-0.4, -0.2) is 42.0 Å². The van der Waals surface area contributed by atoms with Crippen LogP contribution in [0.3, 0.4) is 0 Å². The number of carbonyl (C=O) groups excluding carboxylic acids is 1. The molecule has 21 heavy (non-hydrogen) atoms. The Balaban J connectivity index is 2.09. The summed E-state index contributed by atoms with van der Waals surface area (Å²) in [7, 11) is 1.88. The van der Waals surface area contributed by atoms with E-state index in [0.29, 0.717) is 6.54 Å². The maximum absolute atomic E-state index is 12.1. The second-order valence-electron chi connectivity index (χ2n) is 5.97. The van der Waals surface area contributed by atoms with Crippen molar-refractivity contribution in [3.05, 3.63) is 35.5 Å². The summed E-state index contributed by atoms with van der Waals surface area (Å²) in [6.45, 7) is 7.58. The van der Waals surface area contributed by atoms with Crippen molar-refractivity contribution in [2.24, 2.45) is 0 Å². The molecule has 1 aliphatic rings. The summed E-state index contributed by atoms with van der Waals surface area (Å²) in [6.07, 6.45) is 1.84. The average Bonchev–Trinajstić information content (AvgIpc) is 2.47. The molecule has 0 saturated carbocycles. The highest BCUT2D eigenvalue weighted by molar-refractivity contribution is 5.96. The van der Waals surface area contributed by atoms with Crippen molar-refractivity contribution in [1.29, 1.82) is 0 Å². The topological polar surface area (TPSA) is 36.4 Å². The normalized spacial score (nSPS) is 19.4. The zero-order valence-electron chi connectivity index (χ0n) is 13.1. The summed E-state index contributed by atoms with van der Waals surface area (Å²) in [5.41, 5.74) is 4.60. The minimum absolute atomic E-state index is 0.169. The number of carbonyl (C=O) groups is 1. The van der Waals surface area contributed by atoms with Crippen LogP contribution in [0.2, 0.25) is 0 Å². The van der Waals surface area contributed by atoms with E-state index in [2.05, 4.69) is 42.8 Å². The summed E-state index contributed by atoms with van der Waals surface area (Å²) in [5.74, 6) is 0.169. The van der Waals surface area contributed by atoms with Crippen molar-refractivity contribution in [3.8, 4) is 0 Å². The van der Waals surface area contributed by atoms with Gasteiger partial charge in [0.25, 0.3) is 0 Å². The van der Waals surface area contributed by atoms with Crippen LogP contribution in [0, 0.1) is 13.8 Å². The number of aryl methyl sites for hydroxylation is 2. The Bertz CT molecular complexity index is 710. The second-order valence-corrected chi connectivity index (χ2v) is 5.97. The lowest BCUT2D eigenvalue weighted by atomic mass is 10.0. The van der Waals surface area contributed by atoms with Gasteiger partial charge < -0.3 is 9.80 Å². The number of piperazine rings is 1. The first-order valence-corrected chi connectivity index (χ1v) is 7.34. The highest BCUT2D eigenvalue weighted by atomic mass is 16.2. The maximum Gasteiger partial charge on any atom is 0.242 e. The fourth-order valence-electron chi connectivity index (χ4n) is 2.93. The second kappa shape index (κ2) is 5.02. The fourth-order valence-corrected chi connectivity index (χ4v) is 2.93. The molecule has 0 spiro atoms. The summed E-state index contributed by atoms with van der Waals surface area (Å²) in [4.78, 5) is 20.6. The third kappa shape index (κ3) is 2.24. The van der Waals surface area contributed by atoms with E-state index in [1.165, 1.54) is 11.1 Å². The summed E-state index contributed by atoms with van der Waals surface area (Å²) >= 11 is 0. The Morgan fingerprint density at radius 2 is 2.00 bits per heavy atom. The molecular formula is C17H21N3O. The van der Waals surface area contributed by atoms with Crippen LogP contribution in [0.1, 0.15) is 18.1 Å². The number of rotatable bonds is 1. The molecular weight excluding hydrogens is 262 g/mol. The molecule has 3 rings (SSSR count). The third-order valence-corrected chi connectivity index (χ3v) is 4.62. The predicted molar refractivity (Wildman–Crippen MR) is 85.7 cm³/mol. The smallest absolute Gasteiger partial charge is 0.242 e. The van der Waals surface area contributed by atoms with E-state index in [1.807, 2.05) is 24.2 Å². The van der Waals surface area contributed by atoms with Gasteiger partial charge in [0.1, 0.15) is 0 Å². The molecule has 1 fully saturated rings. The molecule has 1 aromatic carbocycles. The third-order valence-electron chi connectivity index (χ3n) is 4.62. The SMILES string of the molecule is Cc1ccc2c(N3CC(=O)N(C)[C@@H](C)C3)ccnc2c1C. The monoisotopic (exact) mass is 283 g/mol. The van der Waals surface area contributed by atoms with Crippen LogP contribution in [0.5, 0.6) is 0 Å². The first kappa shape index (κ1) is 13.9. The highest BCUT2D eigenvalue weighted by Gasteiger charge is 2.27. The van der Waals surface area contributed by atoms with Crippen molar-refractivity contribution in [3.63, 3.8) is 0 Å². The van der Waals surface area contributed by atoms with Gasteiger partial charge in [-0.2, -0.15) is 0 Å². The number of amides is 1. The van der Waals surface area contributed by atoms with Crippen LogP contribution in [0.4, 0.5) is 5.69 Å². The van der Waals surface area contributed by atoms with Gasteiger partial charge in [0.15, 0.2) is 0 Å². The molecule has 2 aromatic rings. The number of likely N-dealkylation sites (N-methyl/N-ethyl adjacent to an activating group) is 1. The lowest BCUT2D eigenvalue weighted by molar-refractivity contribution is -0.131. The number of pyridine rings is 1. The van der Waals surface area contributed by atoms with Crippen LogP contribution in [0.25, 0.3) is 10.9 Å². The van der Waals surface area contributed by atoms with E-state index in [4.69, 9.17) is 0 Å². The summed E-state index contributed by atoms with van der Waals surface area (Å²) in [5, 5.41) is 1.13. The van der Waals surface area contributed by atoms with Gasteiger partial charge in [-0.3, -0.25) is 9.78 Å². The standard InChI is InChI=1S/C17H21N3O/c1-11-5-6-14-15(7-8-18-17(14)13(11)3)20-9-12(2)19(4)16(21)10-20/h5-8,12H,9-10H2,1-4H3/t12-/m0/s1. The van der Waals surface area contributed by atoms with E-state index in [9.17, 15) is 4.79 Å². The molecule has 0 bridgehead atoms. The van der Waals surface area contributed by atoms with E-state index in [1.54, 1.807) is 0 Å². The first-order valence-electron chi connectivity index (χ1n) is 7.34. The number of hydrogen-bond acceptors (Lipinski definition) is 3. The van der Waals surface area contributed by atoms with E-state index >= 15 is 0 Å². The summed E-state index contributed by atoms with van der Waals surface area (Å²) < 4.78 is 0. The summed E-state index contributed by atoms with van der Waals surface area (Å²) in [6, 6.07) is 6.49. The minimum Gasteiger partial charge on any atom is -0.360 e. The number of fused-ring (bicyclic) bond motifs is 1. The van der Waals surface area contributed by atoms with E-state index in [-0.39, 0.29) is 11.9 Å². The number of benzene rings is 1. The minimum atomic E-state index is 0.169. The van der Waals surface area contributed by atoms with Crippen molar-refractivity contribution in [1.82, 2.24) is 9.88 Å². The molecule has 0 N–H and O–H groups in total. The zero-order valence-corrected chi connectivity index (χ0v) is 13.1. The van der Waals surface area contributed by atoms with E-state index < -0.39 is 0 Å². The maximum atomic E-state index is 12.1. The van der Waals surface area contributed by atoms with Gasteiger partial charge in [-0.1, -0.05) is 12.1 Å². The predicted octanol–water partition coefficient (Wildman–Crippen LogP) is 2.52. The molecule has 1 saturated heterocycles. The van der Waals surface area contributed by atoms with Gasteiger partial charge in [-0.25, -0.2) is 0 Å². The average molecular weight is 283 g/mol. The molecule has 1 atom stereocenters. The molecule has 4 heteroatoms. The van der Waals surface area contributed by atoms with Gasteiger partial charge in [0.05, 0.1) is 12.1 Å². The number of aromatic nitrogens is 1. The molecule has 110 valence electrons. The van der Waals surface area contributed by atoms with Crippen molar-refractivity contribution < 1.29 is 4.79 Å². The Morgan fingerprint density at radius 3 is 2.71 bits per heavy atom. The highest BCUT2D eigenvalue weighted by Crippen LogP contribution is 2.30. The van der Waals surface area contributed by atoms with Gasteiger partial charge in [-0.05, 0) is 38.0 Å². The van der Waals surface area contributed by atoms with Gasteiger partial charge in [0, 0.05) is 36.9 Å². The Morgan fingerprint density at radius 1 is 1.24 bits per heavy atom. The lowest BCUT2D eigenvalue weighted by Crippen LogP contribution is -2.53. The number of nitrogens with zero attached hydrogens (tertiary/aromatic N) is 3. The van der Waals surface area contributed by atoms with Crippen LogP contribution in [-0.2, 0) is 4.79 Å². The quantitative estimate of drug-likeness (QED) is 0.807. The molecule has 1 aromatic heterocycles. The van der Waals surface area contributed by atoms with Gasteiger partial charge >= 0.3 is 0 Å². The number of anilines is 1. The molecule has 1 amide bonds. The van der Waals surface area contributed by atoms with Crippen LogP contribution >= 0.6 is 0 Å². The Hall–Kier alpha value is -2.10. The largest absolute Gasteiger partial charge is 0.360 e. The molecule has 0 unspecified atom stereocenters. The molecule has 0 radical (unpaired) electrons. The van der Waals surface area contributed by atoms with Crippen LogP contribution in [0.15, 0.2) is 24.4 Å². The van der Waals surface area contributed by atoms with Crippen LogP contribution < -0.4 is 4.90 Å². The first-order chi connectivity index (χ1) is 9.99. The van der Waals surface area contributed by atoms with E-state index in [0.717, 1.165) is 23.1 Å². The van der Waals surface area contributed by atoms with Crippen molar-refractivity contribution in [2.45, 2.75) is 26.8 Å². The molecule has 1 aliphatic heterocycles. The van der Waals surface area contributed by atoms with Gasteiger partial charge in [0.2, 0.25) is 5.91 Å². The fraction of sp³-hybridized carbons (Fsp3) is 0.412. The van der Waals surface area contributed by atoms with Gasteiger partial charge in [-0.15, -0.1) is 0 Å². The Labute approximate surface area is 125 Å². The Kier molecular flexibility index (Phi) is 3.32. The van der Waals surface area contributed by atoms with Crippen molar-refractivity contribution >= 4 is 22.5 Å². The number of hydrogen-bond donors (Lipinski definition) is 0. The van der Waals surface area contributed by atoms with Crippen molar-refractivity contribution in [2.75, 3.05) is 25.0 Å². The molecule has 2 heterocycles.